The van der Waals surface area contributed by atoms with Gasteiger partial charge in [0.1, 0.15) is 5.78 Å². The van der Waals surface area contributed by atoms with Crippen molar-refractivity contribution in [2.45, 2.75) is 26.3 Å². The molecule has 0 aromatic heterocycles. The molecule has 3 nitrogen and oxygen atoms in total. The zero-order chi connectivity index (χ0) is 13.8. The molecule has 1 saturated heterocycles. The van der Waals surface area contributed by atoms with Crippen LogP contribution in [0.2, 0.25) is 5.02 Å². The topological polar surface area (TPSA) is 23.6 Å². The molecule has 0 radical (unpaired) electrons. The summed E-state index contributed by atoms with van der Waals surface area (Å²) in [6.07, 6.45) is 0.650. The van der Waals surface area contributed by atoms with Crippen LogP contribution in [0.5, 0.6) is 0 Å². The van der Waals surface area contributed by atoms with E-state index in [4.69, 9.17) is 11.6 Å². The molecule has 2 rings (SSSR count). The lowest BCUT2D eigenvalue weighted by molar-refractivity contribution is -0.118. The van der Waals surface area contributed by atoms with Crippen molar-refractivity contribution in [3.8, 4) is 0 Å². The molecule has 4 heteroatoms. The molecule has 1 aromatic carbocycles. The zero-order valence-electron chi connectivity index (χ0n) is 11.6. The third-order valence-corrected chi connectivity index (χ3v) is 3.93. The van der Waals surface area contributed by atoms with E-state index in [9.17, 15) is 4.79 Å². The summed E-state index contributed by atoms with van der Waals surface area (Å²) in [5.41, 5.74) is 1.19. The third kappa shape index (κ3) is 3.95. The molecular weight excluding hydrogens is 260 g/mol. The van der Waals surface area contributed by atoms with Crippen molar-refractivity contribution in [1.29, 1.82) is 0 Å². The summed E-state index contributed by atoms with van der Waals surface area (Å²) in [5, 5.41) is 0.782. The van der Waals surface area contributed by atoms with Gasteiger partial charge in [0.2, 0.25) is 0 Å². The fourth-order valence-electron chi connectivity index (χ4n) is 2.64. The number of nitrogens with zero attached hydrogens (tertiary/aromatic N) is 2. The minimum absolute atomic E-state index is 0.268. The molecular formula is C15H21ClN2O. The number of carbonyl (C=O) groups excluding carboxylic acids is 1. The summed E-state index contributed by atoms with van der Waals surface area (Å²) in [6.45, 7) is 7.78. The molecule has 0 aliphatic carbocycles. The number of ketones is 1. The van der Waals surface area contributed by atoms with E-state index in [-0.39, 0.29) is 5.78 Å². The van der Waals surface area contributed by atoms with E-state index < -0.39 is 0 Å². The fourth-order valence-corrected chi connectivity index (χ4v) is 2.82. The standard InChI is InChI=1S/C15H21ClN2O/c1-12(10-13(2)19)17-6-8-18(9-7-17)15-5-3-4-14(16)11-15/h3-5,11-12H,6-10H2,1-2H3. The zero-order valence-corrected chi connectivity index (χ0v) is 12.4. The molecule has 0 bridgehead atoms. The lowest BCUT2D eigenvalue weighted by atomic mass is 10.1. The second-order valence-corrected chi connectivity index (χ2v) is 5.69. The Hall–Kier alpha value is -1.06. The van der Waals surface area contributed by atoms with Gasteiger partial charge in [-0.15, -0.1) is 0 Å². The molecule has 1 aliphatic heterocycles. The molecule has 1 atom stereocenters. The summed E-state index contributed by atoms with van der Waals surface area (Å²) in [5.74, 6) is 0.268. The highest BCUT2D eigenvalue weighted by Gasteiger charge is 2.21. The number of halogens is 1. The summed E-state index contributed by atoms with van der Waals surface area (Å²) in [6, 6.07) is 8.34. The molecule has 1 fully saturated rings. The van der Waals surface area contributed by atoms with E-state index in [0.717, 1.165) is 31.2 Å². The van der Waals surface area contributed by atoms with Gasteiger partial charge in [-0.25, -0.2) is 0 Å². The third-order valence-electron chi connectivity index (χ3n) is 3.69. The highest BCUT2D eigenvalue weighted by molar-refractivity contribution is 6.30. The average Bonchev–Trinajstić information content (AvgIpc) is 2.38. The van der Waals surface area contributed by atoms with Crippen molar-refractivity contribution < 1.29 is 4.79 Å². The van der Waals surface area contributed by atoms with Crippen LogP contribution >= 0.6 is 11.6 Å². The highest BCUT2D eigenvalue weighted by atomic mass is 35.5. The summed E-state index contributed by atoms with van der Waals surface area (Å²) < 4.78 is 0. The van der Waals surface area contributed by atoms with Crippen LogP contribution in [0.15, 0.2) is 24.3 Å². The van der Waals surface area contributed by atoms with Crippen LogP contribution in [-0.2, 0) is 4.79 Å². The highest BCUT2D eigenvalue weighted by Crippen LogP contribution is 2.21. The van der Waals surface area contributed by atoms with Crippen LogP contribution in [0, 0.1) is 0 Å². The van der Waals surface area contributed by atoms with Gasteiger partial charge < -0.3 is 4.90 Å². The Labute approximate surface area is 120 Å². The second-order valence-electron chi connectivity index (χ2n) is 5.26. The van der Waals surface area contributed by atoms with Gasteiger partial charge in [-0.3, -0.25) is 9.69 Å². The molecule has 0 spiro atoms. The number of Topliss-reactive ketones (excluding diaryl/α,β-unsaturated/α-hetero) is 1. The van der Waals surface area contributed by atoms with Gasteiger partial charge >= 0.3 is 0 Å². The van der Waals surface area contributed by atoms with E-state index in [1.807, 2.05) is 18.2 Å². The van der Waals surface area contributed by atoms with Gasteiger partial charge in [-0.2, -0.15) is 0 Å². The molecule has 0 N–H and O–H groups in total. The maximum Gasteiger partial charge on any atom is 0.131 e. The number of hydrogen-bond donors (Lipinski definition) is 0. The Morgan fingerprint density at radius 3 is 2.58 bits per heavy atom. The predicted octanol–water partition coefficient (Wildman–Crippen LogP) is 2.83. The number of anilines is 1. The molecule has 1 heterocycles. The van der Waals surface area contributed by atoms with Crippen molar-refractivity contribution >= 4 is 23.1 Å². The van der Waals surface area contributed by atoms with Gasteiger partial charge in [0, 0.05) is 49.4 Å². The van der Waals surface area contributed by atoms with Crippen molar-refractivity contribution in [1.82, 2.24) is 4.90 Å². The molecule has 19 heavy (non-hydrogen) atoms. The number of piperazine rings is 1. The van der Waals surface area contributed by atoms with E-state index in [1.165, 1.54) is 5.69 Å². The van der Waals surface area contributed by atoms with Crippen molar-refractivity contribution in [3.63, 3.8) is 0 Å². The molecule has 1 aliphatic rings. The number of hydrogen-bond acceptors (Lipinski definition) is 3. The van der Waals surface area contributed by atoms with E-state index in [1.54, 1.807) is 6.92 Å². The van der Waals surface area contributed by atoms with Crippen LogP contribution in [0.1, 0.15) is 20.3 Å². The Morgan fingerprint density at radius 1 is 1.32 bits per heavy atom. The maximum atomic E-state index is 11.2. The smallest absolute Gasteiger partial charge is 0.131 e. The number of carbonyl (C=O) groups is 1. The van der Waals surface area contributed by atoms with Crippen molar-refractivity contribution in [3.05, 3.63) is 29.3 Å². The van der Waals surface area contributed by atoms with Crippen LogP contribution in [0.25, 0.3) is 0 Å². The SMILES string of the molecule is CC(=O)CC(C)N1CCN(c2cccc(Cl)c2)CC1. The molecule has 104 valence electrons. The minimum Gasteiger partial charge on any atom is -0.369 e. The Bertz CT molecular complexity index is 442. The first-order chi connectivity index (χ1) is 9.06. The van der Waals surface area contributed by atoms with E-state index in [2.05, 4.69) is 22.8 Å². The van der Waals surface area contributed by atoms with Gasteiger partial charge in [0.25, 0.3) is 0 Å². The summed E-state index contributed by atoms with van der Waals surface area (Å²) in [7, 11) is 0. The lowest BCUT2D eigenvalue weighted by Gasteiger charge is -2.39. The van der Waals surface area contributed by atoms with Gasteiger partial charge in [-0.1, -0.05) is 17.7 Å². The molecule has 0 saturated carbocycles. The number of rotatable bonds is 4. The average molecular weight is 281 g/mol. The normalized spacial score (nSPS) is 18.4. The van der Waals surface area contributed by atoms with Gasteiger partial charge in [-0.05, 0) is 32.0 Å². The summed E-state index contributed by atoms with van der Waals surface area (Å²) in [4.78, 5) is 15.9. The van der Waals surface area contributed by atoms with Crippen molar-refractivity contribution in [2.24, 2.45) is 0 Å². The predicted molar refractivity (Wildman–Crippen MR) is 80.0 cm³/mol. The number of benzene rings is 1. The molecule has 1 unspecified atom stereocenters. The maximum absolute atomic E-state index is 11.2. The summed E-state index contributed by atoms with van der Waals surface area (Å²) >= 11 is 6.03. The minimum atomic E-state index is 0.268. The largest absolute Gasteiger partial charge is 0.369 e. The van der Waals surface area contributed by atoms with Crippen LogP contribution in [0.4, 0.5) is 5.69 Å². The lowest BCUT2D eigenvalue weighted by Crippen LogP contribution is -2.50. The second kappa shape index (κ2) is 6.40. The molecule has 1 aromatic rings. The quantitative estimate of drug-likeness (QED) is 0.847. The van der Waals surface area contributed by atoms with Gasteiger partial charge in [0.05, 0.1) is 0 Å². The van der Waals surface area contributed by atoms with Crippen LogP contribution in [-0.4, -0.2) is 42.9 Å². The Balaban J connectivity index is 1.90. The Kier molecular flexibility index (Phi) is 4.83. The van der Waals surface area contributed by atoms with Crippen molar-refractivity contribution in [2.75, 3.05) is 31.1 Å². The van der Waals surface area contributed by atoms with Crippen LogP contribution < -0.4 is 4.90 Å². The Morgan fingerprint density at radius 2 is 2.00 bits per heavy atom. The van der Waals surface area contributed by atoms with Crippen LogP contribution in [0.3, 0.4) is 0 Å². The first-order valence-electron chi connectivity index (χ1n) is 6.80. The first kappa shape index (κ1) is 14.4. The molecule has 0 amide bonds. The fraction of sp³-hybridized carbons (Fsp3) is 0.533. The first-order valence-corrected chi connectivity index (χ1v) is 7.18. The van der Waals surface area contributed by atoms with E-state index >= 15 is 0 Å². The van der Waals surface area contributed by atoms with E-state index in [0.29, 0.717) is 12.5 Å². The monoisotopic (exact) mass is 280 g/mol. The van der Waals surface area contributed by atoms with Gasteiger partial charge in [0.15, 0.2) is 0 Å².